The molecule has 0 aromatic heterocycles. The van der Waals surface area contributed by atoms with Gasteiger partial charge in [0.1, 0.15) is 0 Å². The molecule has 1 saturated carbocycles. The van der Waals surface area contributed by atoms with Gasteiger partial charge in [-0.2, -0.15) is 13.2 Å². The van der Waals surface area contributed by atoms with E-state index in [9.17, 15) is 18.0 Å². The van der Waals surface area contributed by atoms with Gasteiger partial charge in [0.25, 0.3) is 0 Å². The lowest BCUT2D eigenvalue weighted by atomic mass is 9.79. The molecular weight excluding hydrogens is 341 g/mol. The Bertz CT molecular complexity index is 593. The van der Waals surface area contributed by atoms with Crippen LogP contribution in [0.15, 0.2) is 12.1 Å². The third kappa shape index (κ3) is 4.24. The molecule has 1 atom stereocenters. The van der Waals surface area contributed by atoms with Gasteiger partial charge in [-0.3, -0.25) is 4.79 Å². The van der Waals surface area contributed by atoms with Gasteiger partial charge in [-0.1, -0.05) is 25.3 Å². The van der Waals surface area contributed by atoms with Crippen molar-refractivity contribution in [1.82, 2.24) is 0 Å². The molecule has 0 saturated heterocycles. The first-order chi connectivity index (χ1) is 11.3. The van der Waals surface area contributed by atoms with Crippen LogP contribution in [-0.2, 0) is 15.7 Å². The fourth-order valence-electron chi connectivity index (χ4n) is 3.49. The van der Waals surface area contributed by atoms with E-state index >= 15 is 0 Å². The highest BCUT2D eigenvalue weighted by molar-refractivity contribution is 6.30. The van der Waals surface area contributed by atoms with Crippen LogP contribution in [0.4, 0.5) is 13.2 Å². The summed E-state index contributed by atoms with van der Waals surface area (Å²) in [5.74, 6) is -0.807. The molecule has 2 rings (SSSR count). The number of alkyl halides is 4. The third-order valence-electron chi connectivity index (χ3n) is 4.51. The van der Waals surface area contributed by atoms with Crippen LogP contribution < -0.4 is 0 Å². The number of esters is 1. The van der Waals surface area contributed by atoms with E-state index in [-0.39, 0.29) is 18.1 Å². The van der Waals surface area contributed by atoms with Crippen molar-refractivity contribution >= 4 is 17.6 Å². The molecule has 24 heavy (non-hydrogen) atoms. The Labute approximate surface area is 145 Å². The number of rotatable bonds is 4. The van der Waals surface area contributed by atoms with E-state index in [1.807, 2.05) is 0 Å². The lowest BCUT2D eigenvalue weighted by Crippen LogP contribution is -2.18. The van der Waals surface area contributed by atoms with Crippen LogP contribution in [0.3, 0.4) is 0 Å². The van der Waals surface area contributed by atoms with Gasteiger partial charge >= 0.3 is 12.1 Å². The summed E-state index contributed by atoms with van der Waals surface area (Å²) in [7, 11) is 0. The number of hydrogen-bond donors (Lipinski definition) is 0. The Balaban J connectivity index is 2.47. The van der Waals surface area contributed by atoms with Gasteiger partial charge in [-0.05, 0) is 55.4 Å². The molecule has 0 amide bonds. The summed E-state index contributed by atoms with van der Waals surface area (Å²) in [4.78, 5) is 11.8. The van der Waals surface area contributed by atoms with Crippen LogP contribution in [0.1, 0.15) is 72.6 Å². The molecule has 2 nitrogen and oxygen atoms in total. The van der Waals surface area contributed by atoms with Gasteiger partial charge in [0.05, 0.1) is 12.2 Å². The van der Waals surface area contributed by atoms with Crippen LogP contribution in [0, 0.1) is 6.92 Å². The van der Waals surface area contributed by atoms with Gasteiger partial charge in [-0.15, -0.1) is 11.6 Å². The van der Waals surface area contributed by atoms with Crippen LogP contribution in [0.2, 0.25) is 0 Å². The largest absolute Gasteiger partial charge is 0.465 e. The SMILES string of the molecule is CCOC(=O)C(Cl)c1cc(C)c(C2CCCCC2)c(C(F)(F)F)c1. The van der Waals surface area contributed by atoms with Crippen molar-refractivity contribution in [3.63, 3.8) is 0 Å². The van der Waals surface area contributed by atoms with E-state index in [2.05, 4.69) is 0 Å². The van der Waals surface area contributed by atoms with Gasteiger partial charge in [0.2, 0.25) is 0 Å². The molecule has 0 N–H and O–H groups in total. The Morgan fingerprint density at radius 3 is 2.46 bits per heavy atom. The molecule has 6 heteroatoms. The molecular formula is C18H22ClF3O2. The Morgan fingerprint density at radius 1 is 1.29 bits per heavy atom. The summed E-state index contributed by atoms with van der Waals surface area (Å²) in [6, 6.07) is 2.61. The fraction of sp³-hybridized carbons (Fsp3) is 0.611. The molecule has 0 aliphatic heterocycles. The zero-order chi connectivity index (χ0) is 17.9. The average Bonchev–Trinajstić information content (AvgIpc) is 2.53. The Hall–Kier alpha value is -1.23. The van der Waals surface area contributed by atoms with Crippen LogP contribution in [0.5, 0.6) is 0 Å². The summed E-state index contributed by atoms with van der Waals surface area (Å²) >= 11 is 6.03. The standard InChI is InChI=1S/C18H22ClF3O2/c1-3-24-17(23)16(19)13-9-11(2)15(12-7-5-4-6-8-12)14(10-13)18(20,21)22/h9-10,12,16H,3-8H2,1-2H3. The molecule has 1 fully saturated rings. The van der Waals surface area contributed by atoms with Gasteiger partial charge in [0.15, 0.2) is 5.38 Å². The van der Waals surface area contributed by atoms with Crippen molar-refractivity contribution < 1.29 is 22.7 Å². The molecule has 0 spiro atoms. The molecule has 1 unspecified atom stereocenters. The Morgan fingerprint density at radius 2 is 1.92 bits per heavy atom. The van der Waals surface area contributed by atoms with Gasteiger partial charge in [0, 0.05) is 0 Å². The highest BCUT2D eigenvalue weighted by Gasteiger charge is 2.37. The Kier molecular flexibility index (Phi) is 6.18. The van der Waals surface area contributed by atoms with Crippen LogP contribution in [0.25, 0.3) is 0 Å². The minimum atomic E-state index is -4.47. The summed E-state index contributed by atoms with van der Waals surface area (Å²) in [5, 5.41) is -1.23. The number of benzene rings is 1. The number of carbonyl (C=O) groups excluding carboxylic acids is 1. The lowest BCUT2D eigenvalue weighted by molar-refractivity contribution is -0.143. The van der Waals surface area contributed by atoms with Crippen LogP contribution >= 0.6 is 11.6 Å². The molecule has 0 radical (unpaired) electrons. The van der Waals surface area contributed by atoms with Gasteiger partial charge < -0.3 is 4.74 Å². The highest BCUT2D eigenvalue weighted by atomic mass is 35.5. The molecule has 0 bridgehead atoms. The minimum Gasteiger partial charge on any atom is -0.465 e. The van der Waals surface area contributed by atoms with Crippen LogP contribution in [-0.4, -0.2) is 12.6 Å². The molecule has 1 aromatic rings. The van der Waals surface area contributed by atoms with E-state index in [0.29, 0.717) is 11.1 Å². The smallest absolute Gasteiger partial charge is 0.416 e. The number of aryl methyl sites for hydroxylation is 1. The van der Waals surface area contributed by atoms with E-state index in [1.165, 1.54) is 0 Å². The monoisotopic (exact) mass is 362 g/mol. The minimum absolute atomic E-state index is 0.0826. The maximum absolute atomic E-state index is 13.6. The summed E-state index contributed by atoms with van der Waals surface area (Å²) in [5.41, 5.74) is 0.374. The predicted molar refractivity (Wildman–Crippen MR) is 87.2 cm³/mol. The fourth-order valence-corrected chi connectivity index (χ4v) is 3.68. The molecule has 1 aromatic carbocycles. The molecule has 134 valence electrons. The average molecular weight is 363 g/mol. The number of halogens is 4. The first kappa shape index (κ1) is 19.1. The van der Waals surface area contributed by atoms with Crippen molar-refractivity contribution in [2.75, 3.05) is 6.61 Å². The van der Waals surface area contributed by atoms with Crippen molar-refractivity contribution in [2.24, 2.45) is 0 Å². The van der Waals surface area contributed by atoms with E-state index in [4.69, 9.17) is 16.3 Å². The molecule has 0 heterocycles. The normalized spacial score (nSPS) is 17.6. The summed E-state index contributed by atoms with van der Waals surface area (Å²) in [6.07, 6.45) is 0.0333. The molecule has 1 aliphatic carbocycles. The summed E-state index contributed by atoms with van der Waals surface area (Å²) < 4.78 is 45.7. The third-order valence-corrected chi connectivity index (χ3v) is 4.94. The topological polar surface area (TPSA) is 26.3 Å². The highest BCUT2D eigenvalue weighted by Crippen LogP contribution is 2.43. The van der Waals surface area contributed by atoms with E-state index in [1.54, 1.807) is 19.9 Å². The van der Waals surface area contributed by atoms with Crippen molar-refractivity contribution in [1.29, 1.82) is 0 Å². The maximum Gasteiger partial charge on any atom is 0.416 e. The lowest BCUT2D eigenvalue weighted by Gasteiger charge is -2.28. The molecule has 1 aliphatic rings. The second-order valence-electron chi connectivity index (χ2n) is 6.25. The first-order valence-corrected chi connectivity index (χ1v) is 8.71. The number of carbonyl (C=O) groups is 1. The van der Waals surface area contributed by atoms with Crippen molar-refractivity contribution in [3.05, 3.63) is 34.4 Å². The number of hydrogen-bond acceptors (Lipinski definition) is 2. The number of ether oxygens (including phenoxy) is 1. The maximum atomic E-state index is 13.6. The zero-order valence-electron chi connectivity index (χ0n) is 13.9. The summed E-state index contributed by atoms with van der Waals surface area (Å²) in [6.45, 7) is 3.42. The zero-order valence-corrected chi connectivity index (χ0v) is 14.6. The quantitative estimate of drug-likeness (QED) is 0.492. The second-order valence-corrected chi connectivity index (χ2v) is 6.68. The van der Waals surface area contributed by atoms with E-state index < -0.39 is 23.1 Å². The van der Waals surface area contributed by atoms with Crippen molar-refractivity contribution in [2.45, 2.75) is 63.4 Å². The predicted octanol–water partition coefficient (Wildman–Crippen LogP) is 5.90. The second kappa shape index (κ2) is 7.77. The first-order valence-electron chi connectivity index (χ1n) is 8.28. The van der Waals surface area contributed by atoms with Gasteiger partial charge in [-0.25, -0.2) is 0 Å². The van der Waals surface area contributed by atoms with E-state index in [0.717, 1.165) is 38.2 Å². The van der Waals surface area contributed by atoms with Crippen molar-refractivity contribution in [3.8, 4) is 0 Å².